The molecule has 0 atom stereocenters. The van der Waals surface area contributed by atoms with Crippen LogP contribution in [-0.4, -0.2) is 19.0 Å². The molecule has 1 aromatic carbocycles. The van der Waals surface area contributed by atoms with Crippen LogP contribution >= 0.6 is 11.6 Å². The van der Waals surface area contributed by atoms with Gasteiger partial charge in [-0.2, -0.15) is 0 Å². The van der Waals surface area contributed by atoms with E-state index in [0.717, 1.165) is 24.8 Å². The number of rotatable bonds is 1. The van der Waals surface area contributed by atoms with Gasteiger partial charge >= 0.3 is 0 Å². The van der Waals surface area contributed by atoms with Gasteiger partial charge in [0.25, 0.3) is 0 Å². The van der Waals surface area contributed by atoms with Crippen LogP contribution in [0.15, 0.2) is 24.3 Å². The quantitative estimate of drug-likeness (QED) is 0.771. The van der Waals surface area contributed by atoms with E-state index >= 15 is 0 Å². The number of benzene rings is 1. The lowest BCUT2D eigenvalue weighted by Crippen LogP contribution is -2.31. The Hall–Kier alpha value is -0.900. The van der Waals surface area contributed by atoms with Crippen LogP contribution in [0.2, 0.25) is 5.02 Å². The van der Waals surface area contributed by atoms with Crippen molar-refractivity contribution in [3.8, 4) is 0 Å². The second-order valence-electron chi connectivity index (χ2n) is 4.67. The first-order valence-electron chi connectivity index (χ1n) is 6.11. The monoisotopic (exact) mass is 268 g/mol. The number of halogens is 2. The molecule has 1 heterocycles. The Kier molecular flexibility index (Phi) is 3.14. The summed E-state index contributed by atoms with van der Waals surface area (Å²) in [6, 6.07) is 4.85. The lowest BCUT2D eigenvalue weighted by Gasteiger charge is -2.30. The van der Waals surface area contributed by atoms with Crippen molar-refractivity contribution in [2.45, 2.75) is 25.0 Å². The molecule has 1 spiro atoms. The molecule has 0 unspecified atom stereocenters. The van der Waals surface area contributed by atoms with Gasteiger partial charge in [0.05, 0.1) is 18.2 Å². The van der Waals surface area contributed by atoms with Gasteiger partial charge in [-0.1, -0.05) is 23.7 Å². The predicted octanol–water partition coefficient (Wildman–Crippen LogP) is 3.79. The zero-order valence-corrected chi connectivity index (χ0v) is 10.7. The van der Waals surface area contributed by atoms with Gasteiger partial charge in [-0.3, -0.25) is 0 Å². The molecule has 0 aromatic heterocycles. The first-order valence-corrected chi connectivity index (χ1v) is 6.49. The fourth-order valence-corrected chi connectivity index (χ4v) is 2.71. The normalized spacial score (nSPS) is 22.2. The van der Waals surface area contributed by atoms with Gasteiger partial charge in [-0.05, 0) is 29.7 Å². The highest BCUT2D eigenvalue weighted by Gasteiger charge is 2.37. The van der Waals surface area contributed by atoms with E-state index in [9.17, 15) is 4.39 Å². The molecule has 2 nitrogen and oxygen atoms in total. The summed E-state index contributed by atoms with van der Waals surface area (Å²) in [6.07, 6.45) is 4.56. The molecule has 0 amide bonds. The highest BCUT2D eigenvalue weighted by Crippen LogP contribution is 2.38. The molecule has 1 aliphatic heterocycles. The second kappa shape index (κ2) is 4.65. The number of allylic oxidation sites excluding steroid dienone is 1. The molecule has 1 aromatic rings. The Morgan fingerprint density at radius 1 is 1.22 bits per heavy atom. The zero-order valence-electron chi connectivity index (χ0n) is 9.92. The number of ether oxygens (including phenoxy) is 2. The Labute approximate surface area is 110 Å². The van der Waals surface area contributed by atoms with E-state index in [1.807, 2.05) is 0 Å². The molecule has 1 aliphatic carbocycles. The minimum atomic E-state index is -0.409. The van der Waals surface area contributed by atoms with Crippen molar-refractivity contribution in [1.82, 2.24) is 0 Å². The molecule has 0 N–H and O–H groups in total. The molecule has 0 saturated carbocycles. The maximum absolute atomic E-state index is 13.1. The van der Waals surface area contributed by atoms with Crippen LogP contribution < -0.4 is 0 Å². The summed E-state index contributed by atoms with van der Waals surface area (Å²) in [5, 5.41) is 0.169. The summed E-state index contributed by atoms with van der Waals surface area (Å²) in [5.74, 6) is -0.788. The molecule has 2 aliphatic rings. The van der Waals surface area contributed by atoms with Crippen LogP contribution in [0.5, 0.6) is 0 Å². The Morgan fingerprint density at radius 2 is 2.00 bits per heavy atom. The van der Waals surface area contributed by atoms with Crippen molar-refractivity contribution in [2.24, 2.45) is 0 Å². The topological polar surface area (TPSA) is 18.5 Å². The molecule has 1 saturated heterocycles. The standard InChI is InChI=1S/C14H14ClFO2/c15-12-9-11(1-2-13(12)16)10-3-5-14(6-4-10)17-7-8-18-14/h1-3,9H,4-8H2. The highest BCUT2D eigenvalue weighted by molar-refractivity contribution is 6.30. The van der Waals surface area contributed by atoms with Gasteiger partial charge in [-0.15, -0.1) is 0 Å². The third-order valence-corrected chi connectivity index (χ3v) is 3.83. The van der Waals surface area contributed by atoms with Gasteiger partial charge in [0, 0.05) is 12.8 Å². The first-order chi connectivity index (χ1) is 8.69. The van der Waals surface area contributed by atoms with E-state index in [0.29, 0.717) is 13.2 Å². The van der Waals surface area contributed by atoms with Crippen molar-refractivity contribution in [3.05, 3.63) is 40.7 Å². The average molecular weight is 269 g/mol. The van der Waals surface area contributed by atoms with E-state index in [4.69, 9.17) is 21.1 Å². The van der Waals surface area contributed by atoms with E-state index in [1.165, 1.54) is 11.6 Å². The minimum absolute atomic E-state index is 0.169. The van der Waals surface area contributed by atoms with E-state index in [2.05, 4.69) is 6.08 Å². The third-order valence-electron chi connectivity index (χ3n) is 3.54. The third kappa shape index (κ3) is 2.18. The van der Waals surface area contributed by atoms with Gasteiger partial charge in [0.1, 0.15) is 5.82 Å². The molecular weight excluding hydrogens is 255 g/mol. The van der Waals surface area contributed by atoms with Gasteiger partial charge in [0.2, 0.25) is 0 Å². The van der Waals surface area contributed by atoms with Crippen LogP contribution in [0.25, 0.3) is 5.57 Å². The van der Waals surface area contributed by atoms with Gasteiger partial charge < -0.3 is 9.47 Å². The summed E-state index contributed by atoms with van der Waals surface area (Å²) in [5.41, 5.74) is 2.16. The van der Waals surface area contributed by atoms with Crippen molar-refractivity contribution in [3.63, 3.8) is 0 Å². The smallest absolute Gasteiger partial charge is 0.172 e. The predicted molar refractivity (Wildman–Crippen MR) is 67.9 cm³/mol. The van der Waals surface area contributed by atoms with Crippen LogP contribution in [0.3, 0.4) is 0 Å². The lowest BCUT2D eigenvalue weighted by molar-refractivity contribution is -0.159. The largest absolute Gasteiger partial charge is 0.347 e. The lowest BCUT2D eigenvalue weighted by atomic mass is 9.90. The van der Waals surface area contributed by atoms with E-state index in [1.54, 1.807) is 12.1 Å². The molecule has 3 rings (SSSR count). The number of hydrogen-bond acceptors (Lipinski definition) is 2. The van der Waals surface area contributed by atoms with Crippen molar-refractivity contribution >= 4 is 17.2 Å². The first kappa shape index (κ1) is 12.2. The summed E-state index contributed by atoms with van der Waals surface area (Å²) in [4.78, 5) is 0. The summed E-state index contributed by atoms with van der Waals surface area (Å²) in [7, 11) is 0. The van der Waals surface area contributed by atoms with Crippen molar-refractivity contribution in [2.75, 3.05) is 13.2 Å². The highest BCUT2D eigenvalue weighted by atomic mass is 35.5. The molecule has 18 heavy (non-hydrogen) atoms. The second-order valence-corrected chi connectivity index (χ2v) is 5.08. The summed E-state index contributed by atoms with van der Waals surface area (Å²) < 4.78 is 24.4. The Morgan fingerprint density at radius 3 is 2.61 bits per heavy atom. The molecule has 1 fully saturated rings. The molecule has 96 valence electrons. The van der Waals surface area contributed by atoms with E-state index < -0.39 is 5.79 Å². The van der Waals surface area contributed by atoms with Crippen LogP contribution in [0, 0.1) is 5.82 Å². The molecule has 0 bridgehead atoms. The van der Waals surface area contributed by atoms with Gasteiger partial charge in [-0.25, -0.2) is 4.39 Å². The van der Waals surface area contributed by atoms with Crippen LogP contribution in [0.4, 0.5) is 4.39 Å². The van der Waals surface area contributed by atoms with Crippen molar-refractivity contribution < 1.29 is 13.9 Å². The minimum Gasteiger partial charge on any atom is -0.347 e. The molecular formula is C14H14ClFO2. The van der Waals surface area contributed by atoms with Crippen LogP contribution in [-0.2, 0) is 9.47 Å². The summed E-state index contributed by atoms with van der Waals surface area (Å²) >= 11 is 5.80. The average Bonchev–Trinajstić information content (AvgIpc) is 2.82. The fraction of sp³-hybridized carbons (Fsp3) is 0.429. The number of hydrogen-bond donors (Lipinski definition) is 0. The van der Waals surface area contributed by atoms with Crippen molar-refractivity contribution in [1.29, 1.82) is 0 Å². The molecule has 4 heteroatoms. The zero-order chi connectivity index (χ0) is 12.6. The Balaban J connectivity index is 1.81. The maximum Gasteiger partial charge on any atom is 0.172 e. The molecule has 0 radical (unpaired) electrons. The summed E-state index contributed by atoms with van der Waals surface area (Å²) in [6.45, 7) is 1.34. The SMILES string of the molecule is Fc1ccc(C2=CCC3(CC2)OCCO3)cc1Cl. The van der Waals surface area contributed by atoms with Gasteiger partial charge in [0.15, 0.2) is 5.79 Å². The van der Waals surface area contributed by atoms with Crippen LogP contribution in [0.1, 0.15) is 24.8 Å². The van der Waals surface area contributed by atoms with E-state index in [-0.39, 0.29) is 10.8 Å². The Bertz CT molecular complexity index is 493. The fourth-order valence-electron chi connectivity index (χ4n) is 2.53. The maximum atomic E-state index is 13.1.